The van der Waals surface area contributed by atoms with Crippen molar-refractivity contribution in [3.05, 3.63) is 65.2 Å². The van der Waals surface area contributed by atoms with Crippen LogP contribution in [-0.2, 0) is 16.0 Å². The molecule has 0 fully saturated rings. The molecule has 2 aromatic carbocycles. The van der Waals surface area contributed by atoms with E-state index in [1.54, 1.807) is 31.2 Å². The summed E-state index contributed by atoms with van der Waals surface area (Å²) in [7, 11) is 0. The molecule has 0 aliphatic heterocycles. The molecule has 0 heterocycles. The maximum absolute atomic E-state index is 12.0. The Morgan fingerprint density at radius 2 is 1.83 bits per heavy atom. The van der Waals surface area contributed by atoms with Gasteiger partial charge < -0.3 is 10.1 Å². The van der Waals surface area contributed by atoms with Crippen molar-refractivity contribution in [3.63, 3.8) is 0 Å². The number of esters is 1. The third-order valence-electron chi connectivity index (χ3n) is 3.42. The summed E-state index contributed by atoms with van der Waals surface area (Å²) in [5, 5.41) is 2.81. The molecule has 0 saturated heterocycles. The van der Waals surface area contributed by atoms with Crippen molar-refractivity contribution >= 4 is 17.6 Å². The van der Waals surface area contributed by atoms with E-state index < -0.39 is 0 Å². The van der Waals surface area contributed by atoms with E-state index in [-0.39, 0.29) is 11.9 Å². The largest absolute Gasteiger partial charge is 0.462 e. The molecule has 0 radical (unpaired) electrons. The Balaban J connectivity index is 1.91. The van der Waals surface area contributed by atoms with Crippen LogP contribution in [0.2, 0.25) is 0 Å². The number of rotatable bonds is 6. The Hall–Kier alpha value is -2.62. The lowest BCUT2D eigenvalue weighted by atomic mass is 10.1. The van der Waals surface area contributed by atoms with Gasteiger partial charge in [0.15, 0.2) is 0 Å². The normalized spacial score (nSPS) is 10.2. The third-order valence-corrected chi connectivity index (χ3v) is 3.42. The first-order valence-corrected chi connectivity index (χ1v) is 7.71. The van der Waals surface area contributed by atoms with E-state index in [0.29, 0.717) is 30.7 Å². The van der Waals surface area contributed by atoms with E-state index in [4.69, 9.17) is 4.74 Å². The first-order chi connectivity index (χ1) is 11.1. The van der Waals surface area contributed by atoms with Crippen LogP contribution in [0.5, 0.6) is 0 Å². The second-order valence-corrected chi connectivity index (χ2v) is 5.34. The summed E-state index contributed by atoms with van der Waals surface area (Å²) in [6.07, 6.45) is 1.08. The molecule has 23 heavy (non-hydrogen) atoms. The van der Waals surface area contributed by atoms with Crippen molar-refractivity contribution in [2.75, 3.05) is 11.9 Å². The maximum atomic E-state index is 12.0. The molecule has 1 N–H and O–H groups in total. The van der Waals surface area contributed by atoms with Crippen LogP contribution in [0.4, 0.5) is 5.69 Å². The van der Waals surface area contributed by atoms with Crippen molar-refractivity contribution in [1.29, 1.82) is 0 Å². The fraction of sp³-hybridized carbons (Fsp3) is 0.263. The van der Waals surface area contributed by atoms with E-state index in [9.17, 15) is 9.59 Å². The van der Waals surface area contributed by atoms with E-state index >= 15 is 0 Å². The van der Waals surface area contributed by atoms with Crippen molar-refractivity contribution in [2.24, 2.45) is 0 Å². The fourth-order valence-electron chi connectivity index (χ4n) is 2.17. The average Bonchev–Trinajstić information content (AvgIpc) is 2.55. The summed E-state index contributed by atoms with van der Waals surface area (Å²) < 4.78 is 4.95. The van der Waals surface area contributed by atoms with Crippen LogP contribution in [0.15, 0.2) is 48.5 Å². The zero-order chi connectivity index (χ0) is 16.7. The summed E-state index contributed by atoms with van der Waals surface area (Å²) in [5.74, 6) is -0.463. The standard InChI is InChI=1S/C19H21NO3/c1-3-23-19(22)16-5-4-6-17(13-16)20-18(21)12-11-15-9-7-14(2)8-10-15/h4-10,13H,3,11-12H2,1-2H3,(H,20,21). The lowest BCUT2D eigenvalue weighted by molar-refractivity contribution is -0.116. The Bertz CT molecular complexity index is 677. The van der Waals surface area contributed by atoms with Gasteiger partial charge in [0.1, 0.15) is 0 Å². The molecular weight excluding hydrogens is 290 g/mol. The second kappa shape index (κ2) is 8.13. The highest BCUT2D eigenvalue weighted by atomic mass is 16.5. The molecule has 120 valence electrons. The monoisotopic (exact) mass is 311 g/mol. The molecular formula is C19H21NO3. The number of carbonyl (C=O) groups is 2. The number of aryl methyl sites for hydroxylation is 2. The summed E-state index contributed by atoms with van der Waals surface area (Å²) >= 11 is 0. The number of anilines is 1. The van der Waals surface area contributed by atoms with Gasteiger partial charge in [-0.2, -0.15) is 0 Å². The van der Waals surface area contributed by atoms with Gasteiger partial charge in [-0.25, -0.2) is 4.79 Å². The molecule has 4 heteroatoms. The molecule has 0 saturated carbocycles. The first kappa shape index (κ1) is 16.7. The number of hydrogen-bond donors (Lipinski definition) is 1. The number of hydrogen-bond acceptors (Lipinski definition) is 3. The minimum absolute atomic E-state index is 0.0772. The zero-order valence-electron chi connectivity index (χ0n) is 13.5. The van der Waals surface area contributed by atoms with Crippen molar-refractivity contribution in [3.8, 4) is 0 Å². The molecule has 0 aromatic heterocycles. The Kier molecular flexibility index (Phi) is 5.92. The quantitative estimate of drug-likeness (QED) is 0.827. The summed E-state index contributed by atoms with van der Waals surface area (Å²) in [5.41, 5.74) is 3.37. The molecule has 2 rings (SSSR count). The van der Waals surface area contributed by atoms with Crippen LogP contribution in [0.3, 0.4) is 0 Å². The molecule has 0 atom stereocenters. The van der Waals surface area contributed by atoms with Crippen LogP contribution in [0.1, 0.15) is 34.8 Å². The highest BCUT2D eigenvalue weighted by Crippen LogP contribution is 2.13. The van der Waals surface area contributed by atoms with Crippen molar-refractivity contribution in [1.82, 2.24) is 0 Å². The molecule has 2 aromatic rings. The van der Waals surface area contributed by atoms with Crippen molar-refractivity contribution < 1.29 is 14.3 Å². The molecule has 0 aliphatic rings. The van der Waals surface area contributed by atoms with E-state index in [1.807, 2.05) is 31.2 Å². The van der Waals surface area contributed by atoms with Gasteiger partial charge in [0.25, 0.3) is 0 Å². The number of amides is 1. The van der Waals surface area contributed by atoms with Gasteiger partial charge in [0.2, 0.25) is 5.91 Å². The van der Waals surface area contributed by atoms with Crippen LogP contribution in [0, 0.1) is 6.92 Å². The maximum Gasteiger partial charge on any atom is 0.338 e. The fourth-order valence-corrected chi connectivity index (χ4v) is 2.17. The van der Waals surface area contributed by atoms with Gasteiger partial charge in [-0.05, 0) is 44.0 Å². The Morgan fingerprint density at radius 3 is 2.52 bits per heavy atom. The molecule has 0 unspecified atom stereocenters. The highest BCUT2D eigenvalue weighted by Gasteiger charge is 2.08. The van der Waals surface area contributed by atoms with E-state index in [0.717, 1.165) is 5.56 Å². The summed E-state index contributed by atoms with van der Waals surface area (Å²) in [4.78, 5) is 23.7. The van der Waals surface area contributed by atoms with E-state index in [2.05, 4.69) is 5.32 Å². The van der Waals surface area contributed by atoms with Gasteiger partial charge >= 0.3 is 5.97 Å². The van der Waals surface area contributed by atoms with Crippen LogP contribution >= 0.6 is 0 Å². The summed E-state index contributed by atoms with van der Waals surface area (Å²) in [6, 6.07) is 14.9. The number of nitrogens with one attached hydrogen (secondary N) is 1. The summed E-state index contributed by atoms with van der Waals surface area (Å²) in [6.45, 7) is 4.12. The van der Waals surface area contributed by atoms with Crippen LogP contribution < -0.4 is 5.32 Å². The Labute approximate surface area is 136 Å². The van der Waals surface area contributed by atoms with E-state index in [1.165, 1.54) is 5.56 Å². The smallest absolute Gasteiger partial charge is 0.338 e. The van der Waals surface area contributed by atoms with Gasteiger partial charge in [-0.1, -0.05) is 35.9 Å². The topological polar surface area (TPSA) is 55.4 Å². The second-order valence-electron chi connectivity index (χ2n) is 5.34. The number of carbonyl (C=O) groups excluding carboxylic acids is 2. The minimum Gasteiger partial charge on any atom is -0.462 e. The lowest BCUT2D eigenvalue weighted by Crippen LogP contribution is -2.13. The minimum atomic E-state index is -0.386. The highest BCUT2D eigenvalue weighted by molar-refractivity contribution is 5.94. The van der Waals surface area contributed by atoms with Crippen LogP contribution in [0.25, 0.3) is 0 Å². The van der Waals surface area contributed by atoms with Gasteiger partial charge in [0.05, 0.1) is 12.2 Å². The SMILES string of the molecule is CCOC(=O)c1cccc(NC(=O)CCc2ccc(C)cc2)c1. The zero-order valence-corrected chi connectivity index (χ0v) is 13.5. The van der Waals surface area contributed by atoms with Crippen molar-refractivity contribution in [2.45, 2.75) is 26.7 Å². The lowest BCUT2D eigenvalue weighted by Gasteiger charge is -2.07. The molecule has 0 aliphatic carbocycles. The third kappa shape index (κ3) is 5.25. The molecule has 4 nitrogen and oxygen atoms in total. The molecule has 0 bridgehead atoms. The number of ether oxygens (including phenoxy) is 1. The predicted molar refractivity (Wildman–Crippen MR) is 90.5 cm³/mol. The molecule has 1 amide bonds. The van der Waals surface area contributed by atoms with Gasteiger partial charge in [-0.3, -0.25) is 4.79 Å². The first-order valence-electron chi connectivity index (χ1n) is 7.71. The average molecular weight is 311 g/mol. The Morgan fingerprint density at radius 1 is 1.09 bits per heavy atom. The predicted octanol–water partition coefficient (Wildman–Crippen LogP) is 3.74. The molecule has 0 spiro atoms. The number of benzene rings is 2. The van der Waals surface area contributed by atoms with Crippen LogP contribution in [-0.4, -0.2) is 18.5 Å². The van der Waals surface area contributed by atoms with Gasteiger partial charge in [0, 0.05) is 12.1 Å². The van der Waals surface area contributed by atoms with Gasteiger partial charge in [-0.15, -0.1) is 0 Å².